The molecular weight excluding hydrogens is 387 g/mol. The van der Waals surface area contributed by atoms with E-state index in [9.17, 15) is 9.59 Å². The molecule has 22 heavy (non-hydrogen) atoms. The van der Waals surface area contributed by atoms with Crippen molar-refractivity contribution in [3.05, 3.63) is 0 Å². The number of unbranched alkanes of at least 4 members (excludes halogenated alkanes) is 2. The van der Waals surface area contributed by atoms with Gasteiger partial charge in [-0.15, -0.1) is 0 Å². The summed E-state index contributed by atoms with van der Waals surface area (Å²) in [6.07, 6.45) is 10.0. The van der Waals surface area contributed by atoms with Crippen molar-refractivity contribution in [3.63, 3.8) is 0 Å². The normalized spacial score (nSPS) is 20.5. The molecule has 1 heterocycles. The first kappa shape index (κ1) is 19.8. The molecule has 128 valence electrons. The van der Waals surface area contributed by atoms with Gasteiger partial charge in [-0.2, -0.15) is 0 Å². The minimum absolute atomic E-state index is 0.128. The Hall–Kier alpha value is -0.261. The fraction of sp³-hybridized carbons (Fsp3) is 0.882. The molecule has 1 saturated heterocycles. The molecule has 4 nitrogen and oxygen atoms in total. The van der Waals surface area contributed by atoms with Crippen LogP contribution in [0.1, 0.15) is 84.5 Å². The van der Waals surface area contributed by atoms with Gasteiger partial charge in [0.05, 0.1) is 0 Å². The first-order valence-electron chi connectivity index (χ1n) is 9.05. The second kappa shape index (κ2) is 11.3. The standard InChI is InChI=1S/C9H16O4.2C4H9.Sn/c10-8(11)6-4-2-1-3-5-7-9(12)13;2*1-3-4-2;/h1-7H2,(H,10,11)(H,12,13);2*1,3-4H2,2H3;/q;;;+2/p-2. The van der Waals surface area contributed by atoms with Crippen molar-refractivity contribution < 1.29 is 15.7 Å². The molecule has 0 amide bonds. The molecule has 0 saturated carbocycles. The van der Waals surface area contributed by atoms with Gasteiger partial charge < -0.3 is 0 Å². The fourth-order valence-electron chi connectivity index (χ4n) is 2.83. The Bertz CT molecular complexity index is 312. The van der Waals surface area contributed by atoms with Crippen molar-refractivity contribution in [2.45, 2.75) is 93.3 Å². The summed E-state index contributed by atoms with van der Waals surface area (Å²) in [5.41, 5.74) is 0. The van der Waals surface area contributed by atoms with Gasteiger partial charge in [0.1, 0.15) is 0 Å². The zero-order chi connectivity index (χ0) is 16.3. The van der Waals surface area contributed by atoms with E-state index in [2.05, 4.69) is 13.8 Å². The minimum atomic E-state index is -3.59. The number of hydrogen-bond donors (Lipinski definition) is 0. The molecule has 0 unspecified atom stereocenters. The van der Waals surface area contributed by atoms with E-state index >= 15 is 0 Å². The second-order valence-electron chi connectivity index (χ2n) is 6.33. The topological polar surface area (TPSA) is 52.6 Å². The van der Waals surface area contributed by atoms with Crippen LogP contribution in [-0.2, 0) is 15.7 Å². The summed E-state index contributed by atoms with van der Waals surface area (Å²) in [7, 11) is 0. The van der Waals surface area contributed by atoms with Gasteiger partial charge in [0, 0.05) is 0 Å². The van der Waals surface area contributed by atoms with Crippen LogP contribution < -0.4 is 0 Å². The third-order valence-electron chi connectivity index (χ3n) is 4.18. The molecule has 0 aliphatic carbocycles. The van der Waals surface area contributed by atoms with Crippen LogP contribution in [0.2, 0.25) is 8.87 Å². The van der Waals surface area contributed by atoms with E-state index in [1.165, 1.54) is 0 Å². The molecule has 0 spiro atoms. The molecule has 1 aliphatic rings. The van der Waals surface area contributed by atoms with Crippen molar-refractivity contribution in [2.75, 3.05) is 0 Å². The van der Waals surface area contributed by atoms with Gasteiger partial charge >= 0.3 is 140 Å². The Labute approximate surface area is 140 Å². The Morgan fingerprint density at radius 2 is 1.18 bits per heavy atom. The van der Waals surface area contributed by atoms with Gasteiger partial charge in [0.15, 0.2) is 0 Å². The average Bonchev–Trinajstić information content (AvgIpc) is 2.48. The molecule has 0 radical (unpaired) electrons. The molecule has 1 rings (SSSR count). The van der Waals surface area contributed by atoms with Gasteiger partial charge in [-0.05, 0) is 0 Å². The maximum absolute atomic E-state index is 12.2. The van der Waals surface area contributed by atoms with E-state index in [4.69, 9.17) is 6.15 Å². The number of rotatable bonds is 6. The summed E-state index contributed by atoms with van der Waals surface area (Å²) in [5, 5.41) is 0. The second-order valence-corrected chi connectivity index (χ2v) is 15.6. The van der Waals surface area contributed by atoms with Gasteiger partial charge in [-0.1, -0.05) is 0 Å². The van der Waals surface area contributed by atoms with Crippen LogP contribution in [0.25, 0.3) is 0 Å². The van der Waals surface area contributed by atoms with Gasteiger partial charge in [-0.3, -0.25) is 0 Å². The zero-order valence-electron chi connectivity index (χ0n) is 14.3. The molecule has 0 atom stereocenters. The molecule has 0 aromatic rings. The molecule has 1 aliphatic heterocycles. The molecule has 0 aromatic heterocycles. The third-order valence-corrected chi connectivity index (χ3v) is 14.0. The average molecular weight is 419 g/mol. The predicted molar refractivity (Wildman–Crippen MR) is 89.7 cm³/mol. The van der Waals surface area contributed by atoms with Crippen LogP contribution in [0, 0.1) is 0 Å². The van der Waals surface area contributed by atoms with Crippen molar-refractivity contribution in [3.8, 4) is 0 Å². The Kier molecular flexibility index (Phi) is 10.2. The summed E-state index contributed by atoms with van der Waals surface area (Å²) in [4.78, 5) is 24.4. The quantitative estimate of drug-likeness (QED) is 0.578. The molecular formula is C17H32O4Sn. The summed E-state index contributed by atoms with van der Waals surface area (Å²) in [5.74, 6) is -0.257. The van der Waals surface area contributed by atoms with Crippen molar-refractivity contribution in [2.24, 2.45) is 0 Å². The zero-order valence-corrected chi connectivity index (χ0v) is 17.2. The van der Waals surface area contributed by atoms with Gasteiger partial charge in [0.25, 0.3) is 0 Å². The number of carbonyl (C=O) groups is 2. The molecule has 5 heteroatoms. The summed E-state index contributed by atoms with van der Waals surface area (Å²) >= 11 is -3.59. The summed E-state index contributed by atoms with van der Waals surface area (Å²) in [6.45, 7) is 4.25. The van der Waals surface area contributed by atoms with E-state index in [0.29, 0.717) is 12.8 Å². The Morgan fingerprint density at radius 1 is 0.773 bits per heavy atom. The molecule has 1 fully saturated rings. The van der Waals surface area contributed by atoms with Crippen LogP contribution in [0.3, 0.4) is 0 Å². The molecule has 0 bridgehead atoms. The van der Waals surface area contributed by atoms with Crippen molar-refractivity contribution in [1.82, 2.24) is 0 Å². The fourth-order valence-corrected chi connectivity index (χ4v) is 12.9. The number of hydrogen-bond acceptors (Lipinski definition) is 4. The maximum atomic E-state index is 12.2. The Morgan fingerprint density at radius 3 is 1.59 bits per heavy atom. The van der Waals surface area contributed by atoms with Crippen LogP contribution in [0.4, 0.5) is 0 Å². The molecule has 0 N–H and O–H groups in total. The molecule has 0 aromatic carbocycles. The van der Waals surface area contributed by atoms with Crippen LogP contribution in [-0.4, -0.2) is 31.1 Å². The van der Waals surface area contributed by atoms with Crippen LogP contribution >= 0.6 is 0 Å². The van der Waals surface area contributed by atoms with Crippen molar-refractivity contribution in [1.29, 1.82) is 0 Å². The van der Waals surface area contributed by atoms with E-state index in [1.54, 1.807) is 0 Å². The predicted octanol–water partition coefficient (Wildman–Crippen LogP) is 4.86. The summed E-state index contributed by atoms with van der Waals surface area (Å²) in [6, 6.07) is 0. The van der Waals surface area contributed by atoms with E-state index < -0.39 is 19.2 Å². The number of carbonyl (C=O) groups excluding carboxylic acids is 2. The van der Waals surface area contributed by atoms with Crippen molar-refractivity contribution >= 4 is 31.1 Å². The van der Waals surface area contributed by atoms with E-state index in [-0.39, 0.29) is 11.9 Å². The SMILES string of the molecule is CCC[CH2][Sn]1([CH2]CCC)[O]C(=O)CCCCCCCC(=O)[O]1. The first-order chi connectivity index (χ1) is 10.6. The summed E-state index contributed by atoms with van der Waals surface area (Å²) < 4.78 is 13.5. The monoisotopic (exact) mass is 420 g/mol. The third kappa shape index (κ3) is 7.84. The van der Waals surface area contributed by atoms with Crippen LogP contribution in [0.15, 0.2) is 0 Å². The van der Waals surface area contributed by atoms with Gasteiger partial charge in [0.2, 0.25) is 0 Å². The first-order valence-corrected chi connectivity index (χ1v) is 15.4. The van der Waals surface area contributed by atoms with E-state index in [1.807, 2.05) is 0 Å². The van der Waals surface area contributed by atoms with Crippen LogP contribution in [0.5, 0.6) is 0 Å². The van der Waals surface area contributed by atoms with Gasteiger partial charge in [-0.25, -0.2) is 0 Å². The van der Waals surface area contributed by atoms with E-state index in [0.717, 1.165) is 66.7 Å². The Balaban J connectivity index is 2.84.